The molecule has 0 bridgehead atoms. The first-order valence-corrected chi connectivity index (χ1v) is 5.86. The summed E-state index contributed by atoms with van der Waals surface area (Å²) in [5.41, 5.74) is 8.70. The van der Waals surface area contributed by atoms with Crippen molar-refractivity contribution in [1.29, 1.82) is 0 Å². The number of hydrogen-bond acceptors (Lipinski definition) is 4. The maximum absolute atomic E-state index is 6.01. The summed E-state index contributed by atoms with van der Waals surface area (Å²) in [4.78, 5) is 4.54. The Morgan fingerprint density at radius 3 is 2.39 bits per heavy atom. The lowest BCUT2D eigenvalue weighted by molar-refractivity contribution is 0.413. The Balaban J connectivity index is 2.90. The number of benzene rings is 1. The van der Waals surface area contributed by atoms with Crippen LogP contribution in [0.15, 0.2) is 18.2 Å². The third-order valence-electron chi connectivity index (χ3n) is 2.98. The number of fused-ring (bicyclic) bond motifs is 1. The molecule has 0 spiro atoms. The number of nitrogens with zero attached hydrogens (tertiary/aromatic N) is 1. The van der Waals surface area contributed by atoms with Gasteiger partial charge in [-0.3, -0.25) is 0 Å². The standard InChI is InChI=1S/C14H18N2O2/c1-8-7-12(18-4)13-10(9(2)15)5-6-11(17-3)14(13)16-8/h5-7,9H,15H2,1-4H3. The average Bonchev–Trinajstić information content (AvgIpc) is 2.35. The number of aryl methyl sites for hydroxylation is 1. The lowest BCUT2D eigenvalue weighted by Crippen LogP contribution is -2.07. The Hall–Kier alpha value is -1.81. The van der Waals surface area contributed by atoms with E-state index in [-0.39, 0.29) is 6.04 Å². The second kappa shape index (κ2) is 4.82. The van der Waals surface area contributed by atoms with Gasteiger partial charge in [0.05, 0.1) is 19.6 Å². The van der Waals surface area contributed by atoms with Crippen LogP contribution in [-0.4, -0.2) is 19.2 Å². The summed E-state index contributed by atoms with van der Waals surface area (Å²) in [5.74, 6) is 1.51. The number of methoxy groups -OCH3 is 2. The number of nitrogens with two attached hydrogens (primary N) is 1. The molecule has 2 aromatic rings. The van der Waals surface area contributed by atoms with Crippen molar-refractivity contribution in [2.24, 2.45) is 5.73 Å². The van der Waals surface area contributed by atoms with E-state index in [0.29, 0.717) is 0 Å². The topological polar surface area (TPSA) is 57.4 Å². The number of pyridine rings is 1. The molecule has 18 heavy (non-hydrogen) atoms. The predicted octanol–water partition coefficient (Wildman–Crippen LogP) is 2.58. The highest BCUT2D eigenvalue weighted by Crippen LogP contribution is 2.36. The molecule has 0 aliphatic carbocycles. The van der Waals surface area contributed by atoms with E-state index in [2.05, 4.69) is 4.98 Å². The van der Waals surface area contributed by atoms with Crippen LogP contribution in [-0.2, 0) is 0 Å². The minimum Gasteiger partial charge on any atom is -0.496 e. The van der Waals surface area contributed by atoms with E-state index in [1.807, 2.05) is 32.0 Å². The first-order valence-electron chi connectivity index (χ1n) is 5.86. The van der Waals surface area contributed by atoms with Gasteiger partial charge in [0.25, 0.3) is 0 Å². The van der Waals surface area contributed by atoms with Gasteiger partial charge in [-0.1, -0.05) is 6.07 Å². The fourth-order valence-electron chi connectivity index (χ4n) is 2.13. The Morgan fingerprint density at radius 2 is 1.83 bits per heavy atom. The van der Waals surface area contributed by atoms with E-state index in [9.17, 15) is 0 Å². The fourth-order valence-corrected chi connectivity index (χ4v) is 2.13. The molecule has 0 saturated carbocycles. The van der Waals surface area contributed by atoms with E-state index in [1.165, 1.54) is 0 Å². The van der Waals surface area contributed by atoms with E-state index in [4.69, 9.17) is 15.2 Å². The van der Waals surface area contributed by atoms with Gasteiger partial charge >= 0.3 is 0 Å². The van der Waals surface area contributed by atoms with E-state index < -0.39 is 0 Å². The molecule has 0 aliphatic rings. The molecule has 2 N–H and O–H groups in total. The molecule has 96 valence electrons. The molecule has 0 fully saturated rings. The highest BCUT2D eigenvalue weighted by molar-refractivity contribution is 5.93. The summed E-state index contributed by atoms with van der Waals surface area (Å²) in [6.45, 7) is 3.88. The minimum absolute atomic E-state index is 0.0863. The Labute approximate surface area is 107 Å². The van der Waals surface area contributed by atoms with Gasteiger partial charge in [0, 0.05) is 17.8 Å². The van der Waals surface area contributed by atoms with Crippen LogP contribution in [0.5, 0.6) is 11.5 Å². The first-order chi connectivity index (χ1) is 8.58. The molecule has 2 rings (SSSR count). The fraction of sp³-hybridized carbons (Fsp3) is 0.357. The molecular weight excluding hydrogens is 228 g/mol. The van der Waals surface area contributed by atoms with Crippen LogP contribution in [0, 0.1) is 6.92 Å². The third kappa shape index (κ3) is 1.99. The zero-order valence-corrected chi connectivity index (χ0v) is 11.2. The molecule has 1 aromatic carbocycles. The molecule has 1 heterocycles. The average molecular weight is 246 g/mol. The molecule has 1 aromatic heterocycles. The highest BCUT2D eigenvalue weighted by atomic mass is 16.5. The van der Waals surface area contributed by atoms with Crippen molar-refractivity contribution in [3.05, 3.63) is 29.5 Å². The Bertz CT molecular complexity index is 580. The monoisotopic (exact) mass is 246 g/mol. The van der Waals surface area contributed by atoms with Gasteiger partial charge in [0.2, 0.25) is 0 Å². The smallest absolute Gasteiger partial charge is 0.145 e. The van der Waals surface area contributed by atoms with Gasteiger partial charge in [-0.15, -0.1) is 0 Å². The molecule has 0 aliphatic heterocycles. The molecule has 4 heteroatoms. The maximum atomic E-state index is 6.01. The SMILES string of the molecule is COc1ccc(C(C)N)c2c(OC)cc(C)nc12. The lowest BCUT2D eigenvalue weighted by Gasteiger charge is -2.15. The van der Waals surface area contributed by atoms with E-state index in [0.717, 1.165) is 33.7 Å². The lowest BCUT2D eigenvalue weighted by atomic mass is 10.0. The van der Waals surface area contributed by atoms with Crippen molar-refractivity contribution in [3.63, 3.8) is 0 Å². The predicted molar refractivity (Wildman–Crippen MR) is 72.2 cm³/mol. The minimum atomic E-state index is -0.0863. The second-order valence-electron chi connectivity index (χ2n) is 4.34. The molecule has 1 atom stereocenters. The van der Waals surface area contributed by atoms with Crippen LogP contribution in [0.2, 0.25) is 0 Å². The van der Waals surface area contributed by atoms with Crippen LogP contribution in [0.3, 0.4) is 0 Å². The van der Waals surface area contributed by atoms with Crippen LogP contribution in [0.1, 0.15) is 24.2 Å². The van der Waals surface area contributed by atoms with Gasteiger partial charge in [-0.25, -0.2) is 4.98 Å². The van der Waals surface area contributed by atoms with Gasteiger partial charge in [-0.2, -0.15) is 0 Å². The zero-order chi connectivity index (χ0) is 13.3. The largest absolute Gasteiger partial charge is 0.496 e. The zero-order valence-electron chi connectivity index (χ0n) is 11.2. The van der Waals surface area contributed by atoms with Crippen LogP contribution in [0.4, 0.5) is 0 Å². The van der Waals surface area contributed by atoms with Gasteiger partial charge in [0.15, 0.2) is 0 Å². The molecule has 1 unspecified atom stereocenters. The summed E-state index contributed by atoms with van der Waals surface area (Å²) >= 11 is 0. The summed E-state index contributed by atoms with van der Waals surface area (Å²) in [7, 11) is 3.29. The first kappa shape index (κ1) is 12.6. The van der Waals surface area contributed by atoms with Gasteiger partial charge < -0.3 is 15.2 Å². The van der Waals surface area contributed by atoms with Crippen molar-refractivity contribution in [2.75, 3.05) is 14.2 Å². The van der Waals surface area contributed by atoms with Crippen LogP contribution in [0.25, 0.3) is 10.9 Å². The van der Waals surface area contributed by atoms with Crippen LogP contribution >= 0.6 is 0 Å². The van der Waals surface area contributed by atoms with Crippen molar-refractivity contribution < 1.29 is 9.47 Å². The van der Waals surface area contributed by atoms with Crippen molar-refractivity contribution >= 4 is 10.9 Å². The number of ether oxygens (including phenoxy) is 2. The number of rotatable bonds is 3. The van der Waals surface area contributed by atoms with E-state index in [1.54, 1.807) is 14.2 Å². The summed E-state index contributed by atoms with van der Waals surface area (Å²) < 4.78 is 10.8. The van der Waals surface area contributed by atoms with Gasteiger partial charge in [-0.05, 0) is 25.5 Å². The summed E-state index contributed by atoms with van der Waals surface area (Å²) in [6.07, 6.45) is 0. The quantitative estimate of drug-likeness (QED) is 0.904. The molecule has 0 amide bonds. The summed E-state index contributed by atoms with van der Waals surface area (Å²) in [5, 5.41) is 0.928. The highest BCUT2D eigenvalue weighted by Gasteiger charge is 2.15. The van der Waals surface area contributed by atoms with Crippen molar-refractivity contribution in [2.45, 2.75) is 19.9 Å². The van der Waals surface area contributed by atoms with Gasteiger partial charge in [0.1, 0.15) is 17.0 Å². The van der Waals surface area contributed by atoms with Crippen molar-refractivity contribution in [3.8, 4) is 11.5 Å². The molecule has 0 radical (unpaired) electrons. The Kier molecular flexibility index (Phi) is 3.39. The maximum Gasteiger partial charge on any atom is 0.145 e. The molecule has 0 saturated heterocycles. The normalized spacial score (nSPS) is 12.5. The van der Waals surface area contributed by atoms with Crippen LogP contribution < -0.4 is 15.2 Å². The molecular formula is C14H18N2O2. The second-order valence-corrected chi connectivity index (χ2v) is 4.34. The molecule has 4 nitrogen and oxygen atoms in total. The number of hydrogen-bond donors (Lipinski definition) is 1. The van der Waals surface area contributed by atoms with Crippen molar-refractivity contribution in [1.82, 2.24) is 4.98 Å². The third-order valence-corrected chi connectivity index (χ3v) is 2.98. The van der Waals surface area contributed by atoms with E-state index >= 15 is 0 Å². The summed E-state index contributed by atoms with van der Waals surface area (Å²) in [6, 6.07) is 5.68. The Morgan fingerprint density at radius 1 is 1.17 bits per heavy atom. The number of aromatic nitrogens is 1.